The standard InChI is InChI=1S/C18H20F2N2O4S2/c1-3-21(4-2)27(23,24)15-6-7-17-13(11-15)9-10-22(17)28(25,26)18-8-5-14(19)12-16(18)20/h5-8,11-12H,3-4,9-10H2,1-2H3. The molecular weight excluding hydrogens is 410 g/mol. The Morgan fingerprint density at radius 2 is 1.68 bits per heavy atom. The van der Waals surface area contributed by atoms with E-state index in [-0.39, 0.29) is 11.4 Å². The monoisotopic (exact) mass is 430 g/mol. The first-order valence-electron chi connectivity index (χ1n) is 8.73. The number of fused-ring (bicyclic) bond motifs is 1. The molecular formula is C18H20F2N2O4S2. The van der Waals surface area contributed by atoms with E-state index >= 15 is 0 Å². The number of hydrogen-bond acceptors (Lipinski definition) is 4. The van der Waals surface area contributed by atoms with Gasteiger partial charge in [0.1, 0.15) is 16.5 Å². The van der Waals surface area contributed by atoms with Crippen LogP contribution in [0.3, 0.4) is 0 Å². The van der Waals surface area contributed by atoms with Gasteiger partial charge in [0.2, 0.25) is 10.0 Å². The average Bonchev–Trinajstić information content (AvgIpc) is 3.06. The quantitative estimate of drug-likeness (QED) is 0.706. The van der Waals surface area contributed by atoms with Crippen LogP contribution in [-0.2, 0) is 26.5 Å². The topological polar surface area (TPSA) is 74.8 Å². The van der Waals surface area contributed by atoms with E-state index in [1.54, 1.807) is 13.8 Å². The van der Waals surface area contributed by atoms with Crippen LogP contribution in [0.4, 0.5) is 14.5 Å². The summed E-state index contributed by atoms with van der Waals surface area (Å²) in [7, 11) is -7.92. The summed E-state index contributed by atoms with van der Waals surface area (Å²) in [5, 5.41) is 0. The SMILES string of the molecule is CCN(CC)S(=O)(=O)c1ccc2c(c1)CCN2S(=O)(=O)c1ccc(F)cc1F. The fourth-order valence-corrected chi connectivity index (χ4v) is 6.33. The lowest BCUT2D eigenvalue weighted by molar-refractivity contribution is 0.445. The zero-order valence-corrected chi connectivity index (χ0v) is 17.0. The maximum Gasteiger partial charge on any atom is 0.267 e. The Bertz CT molecular complexity index is 1110. The summed E-state index contributed by atoms with van der Waals surface area (Å²) in [4.78, 5) is -0.538. The molecule has 0 unspecified atom stereocenters. The van der Waals surface area contributed by atoms with E-state index in [1.165, 1.54) is 22.5 Å². The molecule has 0 radical (unpaired) electrons. The molecule has 28 heavy (non-hydrogen) atoms. The van der Waals surface area contributed by atoms with Crippen molar-refractivity contribution < 1.29 is 25.6 Å². The molecule has 10 heteroatoms. The van der Waals surface area contributed by atoms with Gasteiger partial charge in [0.25, 0.3) is 10.0 Å². The Kier molecular flexibility index (Phi) is 5.48. The zero-order valence-electron chi connectivity index (χ0n) is 15.4. The second-order valence-electron chi connectivity index (χ2n) is 6.28. The van der Waals surface area contributed by atoms with Gasteiger partial charge in [0.05, 0.1) is 10.6 Å². The fraction of sp³-hybridized carbons (Fsp3) is 0.333. The fourth-order valence-electron chi connectivity index (χ4n) is 3.27. The second kappa shape index (κ2) is 7.41. The third kappa shape index (κ3) is 3.40. The highest BCUT2D eigenvalue weighted by atomic mass is 32.2. The normalized spacial score (nSPS) is 14.5. The Morgan fingerprint density at radius 3 is 2.29 bits per heavy atom. The lowest BCUT2D eigenvalue weighted by Crippen LogP contribution is -2.31. The predicted octanol–water partition coefficient (Wildman–Crippen LogP) is 2.75. The Hall–Kier alpha value is -2.04. The van der Waals surface area contributed by atoms with Crippen molar-refractivity contribution in [3.8, 4) is 0 Å². The van der Waals surface area contributed by atoms with Crippen molar-refractivity contribution >= 4 is 25.7 Å². The molecule has 0 aromatic heterocycles. The van der Waals surface area contributed by atoms with Gasteiger partial charge >= 0.3 is 0 Å². The van der Waals surface area contributed by atoms with Crippen LogP contribution >= 0.6 is 0 Å². The number of halogens is 2. The molecule has 152 valence electrons. The Labute approximate surface area is 163 Å². The molecule has 0 saturated heterocycles. The molecule has 0 spiro atoms. The highest BCUT2D eigenvalue weighted by molar-refractivity contribution is 7.92. The number of nitrogens with zero attached hydrogens (tertiary/aromatic N) is 2. The molecule has 0 aliphatic carbocycles. The van der Waals surface area contributed by atoms with Gasteiger partial charge in [-0.1, -0.05) is 13.8 Å². The number of benzene rings is 2. The number of sulfonamides is 2. The number of rotatable bonds is 6. The smallest absolute Gasteiger partial charge is 0.266 e. The van der Waals surface area contributed by atoms with Crippen LogP contribution in [0.1, 0.15) is 19.4 Å². The summed E-state index contributed by atoms with van der Waals surface area (Å²) in [5.41, 5.74) is 0.835. The molecule has 2 aromatic carbocycles. The van der Waals surface area contributed by atoms with Gasteiger partial charge in [0.15, 0.2) is 0 Å². The van der Waals surface area contributed by atoms with Crippen molar-refractivity contribution in [1.29, 1.82) is 0 Å². The van der Waals surface area contributed by atoms with E-state index in [9.17, 15) is 25.6 Å². The first-order valence-corrected chi connectivity index (χ1v) is 11.6. The van der Waals surface area contributed by atoms with E-state index < -0.39 is 36.6 Å². The molecule has 0 atom stereocenters. The zero-order chi connectivity index (χ0) is 20.7. The third-order valence-corrected chi connectivity index (χ3v) is 8.60. The number of hydrogen-bond donors (Lipinski definition) is 0. The van der Waals surface area contributed by atoms with Crippen molar-refractivity contribution in [2.24, 2.45) is 0 Å². The van der Waals surface area contributed by atoms with Crippen LogP contribution in [0, 0.1) is 11.6 Å². The van der Waals surface area contributed by atoms with Gasteiger partial charge in [-0.2, -0.15) is 4.31 Å². The first-order chi connectivity index (χ1) is 13.1. The molecule has 0 fully saturated rings. The Morgan fingerprint density at radius 1 is 1.00 bits per heavy atom. The lowest BCUT2D eigenvalue weighted by Gasteiger charge is -2.21. The summed E-state index contributed by atoms with van der Waals surface area (Å²) in [6, 6.07) is 6.51. The summed E-state index contributed by atoms with van der Waals surface area (Å²) < 4.78 is 80.5. The molecule has 0 amide bonds. The third-order valence-electron chi connectivity index (χ3n) is 4.71. The molecule has 0 saturated carbocycles. The van der Waals surface area contributed by atoms with Crippen LogP contribution in [0.5, 0.6) is 0 Å². The molecule has 6 nitrogen and oxygen atoms in total. The van der Waals surface area contributed by atoms with E-state index in [0.717, 1.165) is 16.4 Å². The molecule has 2 aromatic rings. The predicted molar refractivity (Wildman–Crippen MR) is 101 cm³/mol. The van der Waals surface area contributed by atoms with Gasteiger partial charge in [-0.3, -0.25) is 4.31 Å². The summed E-state index contributed by atoms with van der Waals surface area (Å²) in [5.74, 6) is -2.04. The van der Waals surface area contributed by atoms with Crippen molar-refractivity contribution in [3.63, 3.8) is 0 Å². The van der Waals surface area contributed by atoms with Gasteiger partial charge in [0, 0.05) is 25.7 Å². The van der Waals surface area contributed by atoms with E-state index in [2.05, 4.69) is 0 Å². The minimum absolute atomic E-state index is 0.0449. The van der Waals surface area contributed by atoms with E-state index in [1.807, 2.05) is 0 Å². The highest BCUT2D eigenvalue weighted by Gasteiger charge is 2.34. The van der Waals surface area contributed by atoms with Gasteiger partial charge < -0.3 is 0 Å². The molecule has 0 N–H and O–H groups in total. The Balaban J connectivity index is 2.02. The molecule has 1 aliphatic rings. The maximum atomic E-state index is 14.0. The van der Waals surface area contributed by atoms with Crippen LogP contribution < -0.4 is 4.31 Å². The lowest BCUT2D eigenvalue weighted by atomic mass is 10.2. The van der Waals surface area contributed by atoms with Crippen LogP contribution in [0.15, 0.2) is 46.2 Å². The highest BCUT2D eigenvalue weighted by Crippen LogP contribution is 2.35. The van der Waals surface area contributed by atoms with Gasteiger partial charge in [-0.25, -0.2) is 25.6 Å². The van der Waals surface area contributed by atoms with Crippen molar-refractivity contribution in [1.82, 2.24) is 4.31 Å². The van der Waals surface area contributed by atoms with Crippen LogP contribution in [-0.4, -0.2) is 40.8 Å². The van der Waals surface area contributed by atoms with E-state index in [0.29, 0.717) is 36.8 Å². The second-order valence-corrected chi connectivity index (χ2v) is 10.1. The minimum atomic E-state index is -4.24. The summed E-state index contributed by atoms with van der Waals surface area (Å²) in [6.45, 7) is 4.16. The van der Waals surface area contributed by atoms with Crippen LogP contribution in [0.25, 0.3) is 0 Å². The molecule has 1 aliphatic heterocycles. The van der Waals surface area contributed by atoms with Crippen molar-refractivity contribution in [2.75, 3.05) is 23.9 Å². The van der Waals surface area contributed by atoms with Gasteiger partial charge in [-0.15, -0.1) is 0 Å². The van der Waals surface area contributed by atoms with Gasteiger partial charge in [-0.05, 0) is 42.3 Å². The summed E-state index contributed by atoms with van der Waals surface area (Å²) in [6.07, 6.45) is 0.291. The average molecular weight is 430 g/mol. The van der Waals surface area contributed by atoms with Crippen molar-refractivity contribution in [2.45, 2.75) is 30.1 Å². The maximum absolute atomic E-state index is 14.0. The van der Waals surface area contributed by atoms with Crippen molar-refractivity contribution in [3.05, 3.63) is 53.6 Å². The molecule has 0 bridgehead atoms. The van der Waals surface area contributed by atoms with E-state index in [4.69, 9.17) is 0 Å². The molecule has 3 rings (SSSR count). The first kappa shape index (κ1) is 20.7. The van der Waals surface area contributed by atoms with Crippen LogP contribution in [0.2, 0.25) is 0 Å². The minimum Gasteiger partial charge on any atom is -0.266 e. The number of anilines is 1. The largest absolute Gasteiger partial charge is 0.267 e. The molecule has 1 heterocycles. The summed E-state index contributed by atoms with van der Waals surface area (Å²) >= 11 is 0.